The van der Waals surface area contributed by atoms with Crippen molar-refractivity contribution in [3.05, 3.63) is 0 Å². The van der Waals surface area contributed by atoms with E-state index < -0.39 is 0 Å². The van der Waals surface area contributed by atoms with E-state index in [9.17, 15) is 4.79 Å². The van der Waals surface area contributed by atoms with Crippen LogP contribution in [0.25, 0.3) is 0 Å². The zero-order chi connectivity index (χ0) is 12.8. The number of carbonyl (C=O) groups is 1. The summed E-state index contributed by atoms with van der Waals surface area (Å²) in [6.45, 7) is 1.09. The zero-order valence-electron chi connectivity index (χ0n) is 12.1. The van der Waals surface area contributed by atoms with E-state index in [0.717, 1.165) is 30.2 Å². The predicted molar refractivity (Wildman–Crippen MR) is 81.9 cm³/mol. The largest absolute Gasteiger partial charge is 0.353 e. The summed E-state index contributed by atoms with van der Waals surface area (Å²) in [4.78, 5) is 12.2. The SMILES string of the molecule is Cl.O=C(CC1CCCN1)NC1CC2CC1C1CCCC21. The molecule has 0 aromatic rings. The Kier molecular flexibility index (Phi) is 4.28. The first-order valence-electron chi connectivity index (χ1n) is 8.34. The predicted octanol–water partition coefficient (Wildman–Crippen LogP) is 2.49. The van der Waals surface area contributed by atoms with E-state index >= 15 is 0 Å². The normalized spacial score (nSPS) is 45.2. The van der Waals surface area contributed by atoms with Crippen molar-refractivity contribution >= 4 is 18.3 Å². The molecule has 1 saturated heterocycles. The molecule has 3 nitrogen and oxygen atoms in total. The van der Waals surface area contributed by atoms with Crippen molar-refractivity contribution in [2.45, 2.75) is 63.5 Å². The van der Waals surface area contributed by atoms with E-state index in [2.05, 4.69) is 10.6 Å². The van der Waals surface area contributed by atoms with Gasteiger partial charge < -0.3 is 10.6 Å². The standard InChI is InChI=1S/C16H26N2O.ClH/c19-16(9-11-3-2-6-17-11)18-15-8-10-7-14(15)13-5-1-4-12(10)13;/h10-15,17H,1-9H2,(H,18,19);1H. The van der Waals surface area contributed by atoms with Gasteiger partial charge in [-0.2, -0.15) is 0 Å². The molecular formula is C16H27ClN2O. The smallest absolute Gasteiger partial charge is 0.221 e. The zero-order valence-corrected chi connectivity index (χ0v) is 13.0. The van der Waals surface area contributed by atoms with Gasteiger partial charge in [0.15, 0.2) is 0 Å². The molecule has 6 unspecified atom stereocenters. The minimum atomic E-state index is 0. The third-order valence-corrected chi connectivity index (χ3v) is 6.37. The molecule has 6 atom stereocenters. The first-order chi connectivity index (χ1) is 9.31. The number of amides is 1. The fourth-order valence-electron chi connectivity index (χ4n) is 5.65. The van der Waals surface area contributed by atoms with Crippen LogP contribution in [0.2, 0.25) is 0 Å². The van der Waals surface area contributed by atoms with Gasteiger partial charge in [0.25, 0.3) is 0 Å². The van der Waals surface area contributed by atoms with Crippen LogP contribution in [0.15, 0.2) is 0 Å². The van der Waals surface area contributed by atoms with Gasteiger partial charge in [-0.3, -0.25) is 4.79 Å². The number of nitrogens with one attached hydrogen (secondary N) is 2. The van der Waals surface area contributed by atoms with Crippen molar-refractivity contribution in [3.63, 3.8) is 0 Å². The van der Waals surface area contributed by atoms with Crippen LogP contribution >= 0.6 is 12.4 Å². The Morgan fingerprint density at radius 2 is 1.90 bits per heavy atom. The number of rotatable bonds is 3. The van der Waals surface area contributed by atoms with Gasteiger partial charge in [-0.15, -0.1) is 12.4 Å². The van der Waals surface area contributed by atoms with Crippen LogP contribution in [0, 0.1) is 23.7 Å². The quantitative estimate of drug-likeness (QED) is 0.840. The van der Waals surface area contributed by atoms with E-state index in [1.165, 1.54) is 44.9 Å². The Balaban J connectivity index is 0.00000121. The van der Waals surface area contributed by atoms with Crippen molar-refractivity contribution in [2.75, 3.05) is 6.54 Å². The molecule has 0 radical (unpaired) electrons. The minimum absolute atomic E-state index is 0. The second kappa shape index (κ2) is 5.84. The van der Waals surface area contributed by atoms with Gasteiger partial charge in [0.1, 0.15) is 0 Å². The molecule has 20 heavy (non-hydrogen) atoms. The van der Waals surface area contributed by atoms with E-state index in [0.29, 0.717) is 24.4 Å². The van der Waals surface area contributed by atoms with E-state index in [1.807, 2.05) is 0 Å². The fourth-order valence-corrected chi connectivity index (χ4v) is 5.65. The molecule has 2 N–H and O–H groups in total. The summed E-state index contributed by atoms with van der Waals surface area (Å²) >= 11 is 0. The van der Waals surface area contributed by atoms with Gasteiger partial charge in [0.05, 0.1) is 0 Å². The van der Waals surface area contributed by atoms with E-state index in [1.54, 1.807) is 0 Å². The van der Waals surface area contributed by atoms with Crippen LogP contribution in [0.5, 0.6) is 0 Å². The van der Waals surface area contributed by atoms with Gasteiger partial charge >= 0.3 is 0 Å². The maximum Gasteiger partial charge on any atom is 0.221 e. The van der Waals surface area contributed by atoms with Crippen molar-refractivity contribution in [1.29, 1.82) is 0 Å². The van der Waals surface area contributed by atoms with Crippen molar-refractivity contribution < 1.29 is 4.79 Å². The Morgan fingerprint density at radius 3 is 2.70 bits per heavy atom. The molecule has 1 amide bonds. The van der Waals surface area contributed by atoms with Crippen molar-refractivity contribution in [1.82, 2.24) is 10.6 Å². The van der Waals surface area contributed by atoms with E-state index in [-0.39, 0.29) is 12.4 Å². The van der Waals surface area contributed by atoms with Gasteiger partial charge in [0.2, 0.25) is 5.91 Å². The van der Waals surface area contributed by atoms with Crippen molar-refractivity contribution in [3.8, 4) is 0 Å². The maximum atomic E-state index is 12.2. The molecule has 4 heteroatoms. The van der Waals surface area contributed by atoms with Crippen LogP contribution in [-0.2, 0) is 4.79 Å². The highest BCUT2D eigenvalue weighted by atomic mass is 35.5. The average molecular weight is 299 g/mol. The fraction of sp³-hybridized carbons (Fsp3) is 0.938. The van der Waals surface area contributed by atoms with Crippen LogP contribution in [0.1, 0.15) is 51.4 Å². The summed E-state index contributed by atoms with van der Waals surface area (Å²) in [5, 5.41) is 6.79. The number of carbonyl (C=O) groups excluding carboxylic acids is 1. The molecule has 4 aliphatic rings. The Bertz CT molecular complexity index is 369. The molecule has 3 aliphatic carbocycles. The lowest BCUT2D eigenvalue weighted by atomic mass is 9.79. The lowest BCUT2D eigenvalue weighted by Gasteiger charge is -2.32. The first-order valence-corrected chi connectivity index (χ1v) is 8.34. The highest BCUT2D eigenvalue weighted by molar-refractivity contribution is 5.85. The molecule has 0 spiro atoms. The summed E-state index contributed by atoms with van der Waals surface area (Å²) in [5.74, 6) is 4.03. The molecule has 0 aromatic carbocycles. The second-order valence-electron chi connectivity index (χ2n) is 7.33. The molecule has 3 saturated carbocycles. The van der Waals surface area contributed by atoms with Gasteiger partial charge in [-0.25, -0.2) is 0 Å². The molecule has 4 rings (SSSR count). The van der Waals surface area contributed by atoms with Crippen LogP contribution < -0.4 is 10.6 Å². The van der Waals surface area contributed by atoms with Gasteiger partial charge in [-0.05, 0) is 68.7 Å². The maximum absolute atomic E-state index is 12.2. The second-order valence-corrected chi connectivity index (χ2v) is 7.33. The number of fused-ring (bicyclic) bond motifs is 5. The lowest BCUT2D eigenvalue weighted by molar-refractivity contribution is -0.122. The first kappa shape index (κ1) is 14.6. The van der Waals surface area contributed by atoms with Gasteiger partial charge in [-0.1, -0.05) is 6.42 Å². The third kappa shape index (κ3) is 2.48. The average Bonchev–Trinajstić information content (AvgIpc) is 3.10. The monoisotopic (exact) mass is 298 g/mol. The molecule has 4 fully saturated rings. The topological polar surface area (TPSA) is 41.1 Å². The van der Waals surface area contributed by atoms with E-state index in [4.69, 9.17) is 0 Å². The van der Waals surface area contributed by atoms with Crippen LogP contribution in [0.3, 0.4) is 0 Å². The van der Waals surface area contributed by atoms with Crippen molar-refractivity contribution in [2.24, 2.45) is 23.7 Å². The highest BCUT2D eigenvalue weighted by Crippen LogP contribution is 2.58. The van der Waals surface area contributed by atoms with Gasteiger partial charge in [0, 0.05) is 18.5 Å². The number of hydrogen-bond donors (Lipinski definition) is 2. The molecule has 114 valence electrons. The lowest BCUT2D eigenvalue weighted by Crippen LogP contribution is -2.44. The van der Waals surface area contributed by atoms with Crippen LogP contribution in [-0.4, -0.2) is 24.5 Å². The summed E-state index contributed by atoms with van der Waals surface area (Å²) in [7, 11) is 0. The summed E-state index contributed by atoms with van der Waals surface area (Å²) in [5.41, 5.74) is 0. The highest BCUT2D eigenvalue weighted by Gasteiger charge is 2.53. The minimum Gasteiger partial charge on any atom is -0.353 e. The Hall–Kier alpha value is -0.280. The summed E-state index contributed by atoms with van der Waals surface area (Å²) < 4.78 is 0. The van der Waals surface area contributed by atoms with Crippen LogP contribution in [0.4, 0.5) is 0 Å². The summed E-state index contributed by atoms with van der Waals surface area (Å²) in [6.07, 6.45) is 10.1. The molecule has 1 aliphatic heterocycles. The third-order valence-electron chi connectivity index (χ3n) is 6.37. The number of hydrogen-bond acceptors (Lipinski definition) is 2. The molecule has 1 heterocycles. The summed E-state index contributed by atoms with van der Waals surface area (Å²) in [6, 6.07) is 0.955. The molecular weight excluding hydrogens is 272 g/mol. The Labute approximate surface area is 128 Å². The molecule has 0 aromatic heterocycles. The Morgan fingerprint density at radius 1 is 1.05 bits per heavy atom. The number of halogens is 1. The molecule has 2 bridgehead atoms.